The van der Waals surface area contributed by atoms with Gasteiger partial charge >= 0.3 is 5.97 Å². The van der Waals surface area contributed by atoms with Gasteiger partial charge in [-0.2, -0.15) is 0 Å². The molecule has 130 valence electrons. The van der Waals surface area contributed by atoms with Gasteiger partial charge in [-0.25, -0.2) is 13.2 Å². The van der Waals surface area contributed by atoms with E-state index >= 15 is 0 Å². The minimum atomic E-state index is -4.02. The fourth-order valence-corrected chi connectivity index (χ4v) is 4.10. The van der Waals surface area contributed by atoms with Gasteiger partial charge in [0.15, 0.2) is 0 Å². The van der Waals surface area contributed by atoms with Gasteiger partial charge < -0.3 is 10.1 Å². The lowest BCUT2D eigenvalue weighted by atomic mass is 10.1. The average molecular weight is 360 g/mol. The van der Waals surface area contributed by atoms with Crippen LogP contribution >= 0.6 is 0 Å². The zero-order valence-electron chi connectivity index (χ0n) is 13.6. The minimum absolute atomic E-state index is 0.0806. The maximum Gasteiger partial charge on any atom is 0.338 e. The van der Waals surface area contributed by atoms with Crippen molar-refractivity contribution in [2.75, 3.05) is 23.3 Å². The lowest BCUT2D eigenvalue weighted by Crippen LogP contribution is -2.42. The standard InChI is InChI=1S/C17H16N2O5S/c1-11-7-8-12(9-13(11)17(21)24-2)25(22,23)19-10-16(20)18-14-5-3-4-6-15(14)19/h3-9H,10H2,1-2H3,(H,18,20). The molecule has 3 rings (SSSR count). The van der Waals surface area contributed by atoms with Gasteiger partial charge in [0.1, 0.15) is 6.54 Å². The maximum atomic E-state index is 13.1. The van der Waals surface area contributed by atoms with Crippen molar-refractivity contribution >= 4 is 33.3 Å². The van der Waals surface area contributed by atoms with Crippen molar-refractivity contribution in [2.24, 2.45) is 0 Å². The molecule has 0 radical (unpaired) electrons. The van der Waals surface area contributed by atoms with E-state index in [1.807, 2.05) is 0 Å². The Hall–Kier alpha value is -2.87. The van der Waals surface area contributed by atoms with E-state index in [0.29, 0.717) is 16.9 Å². The van der Waals surface area contributed by atoms with E-state index in [9.17, 15) is 18.0 Å². The number of anilines is 2. The number of esters is 1. The summed E-state index contributed by atoms with van der Waals surface area (Å²) in [6.45, 7) is 1.35. The van der Waals surface area contributed by atoms with Crippen LogP contribution in [0, 0.1) is 6.92 Å². The second-order valence-electron chi connectivity index (χ2n) is 5.55. The van der Waals surface area contributed by atoms with Crippen LogP contribution in [0.3, 0.4) is 0 Å². The number of ether oxygens (including phenoxy) is 1. The molecule has 0 saturated heterocycles. The molecule has 0 aromatic heterocycles. The number of aryl methyl sites for hydroxylation is 1. The monoisotopic (exact) mass is 360 g/mol. The summed E-state index contributed by atoms with van der Waals surface area (Å²) in [6, 6.07) is 10.9. The first-order valence-corrected chi connectivity index (χ1v) is 8.89. The molecule has 0 unspecified atom stereocenters. The highest BCUT2D eigenvalue weighted by molar-refractivity contribution is 7.92. The Labute approximate surface area is 145 Å². The van der Waals surface area contributed by atoms with Crippen LogP contribution < -0.4 is 9.62 Å². The normalized spacial score (nSPS) is 13.8. The highest BCUT2D eigenvalue weighted by atomic mass is 32.2. The number of para-hydroxylation sites is 2. The number of carbonyl (C=O) groups excluding carboxylic acids is 2. The molecule has 0 aliphatic carbocycles. The van der Waals surface area contributed by atoms with Crippen LogP contribution in [0.25, 0.3) is 0 Å². The van der Waals surface area contributed by atoms with Crippen molar-refractivity contribution in [3.8, 4) is 0 Å². The molecule has 2 aromatic rings. The Morgan fingerprint density at radius 3 is 2.64 bits per heavy atom. The van der Waals surface area contributed by atoms with Crippen LogP contribution in [0.2, 0.25) is 0 Å². The number of nitrogens with one attached hydrogen (secondary N) is 1. The number of carbonyl (C=O) groups is 2. The molecular formula is C17H16N2O5S. The lowest BCUT2D eigenvalue weighted by molar-refractivity contribution is -0.115. The SMILES string of the molecule is COC(=O)c1cc(S(=O)(=O)N2CC(=O)Nc3ccccc32)ccc1C. The van der Waals surface area contributed by atoms with E-state index < -0.39 is 21.9 Å². The molecule has 1 aliphatic heterocycles. The number of methoxy groups -OCH3 is 1. The molecule has 25 heavy (non-hydrogen) atoms. The number of amides is 1. The molecule has 0 bridgehead atoms. The van der Waals surface area contributed by atoms with Gasteiger partial charge in [0, 0.05) is 0 Å². The van der Waals surface area contributed by atoms with E-state index in [0.717, 1.165) is 4.31 Å². The van der Waals surface area contributed by atoms with Crippen molar-refractivity contribution in [1.82, 2.24) is 0 Å². The quantitative estimate of drug-likeness (QED) is 0.844. The molecular weight excluding hydrogens is 344 g/mol. The highest BCUT2D eigenvalue weighted by Gasteiger charge is 2.32. The fraction of sp³-hybridized carbons (Fsp3) is 0.176. The van der Waals surface area contributed by atoms with Gasteiger partial charge in [-0.15, -0.1) is 0 Å². The molecule has 0 saturated carbocycles. The Bertz CT molecular complexity index is 969. The molecule has 0 atom stereocenters. The molecule has 1 N–H and O–H groups in total. The maximum absolute atomic E-state index is 13.1. The second kappa shape index (κ2) is 6.21. The van der Waals surface area contributed by atoms with Gasteiger partial charge in [0.25, 0.3) is 10.0 Å². The predicted molar refractivity (Wildman–Crippen MR) is 92.1 cm³/mol. The van der Waals surface area contributed by atoms with Gasteiger partial charge in [-0.3, -0.25) is 9.10 Å². The van der Waals surface area contributed by atoms with Crippen LogP contribution in [-0.2, 0) is 19.6 Å². The summed E-state index contributed by atoms with van der Waals surface area (Å²) >= 11 is 0. The zero-order valence-corrected chi connectivity index (χ0v) is 14.5. The van der Waals surface area contributed by atoms with Crippen LogP contribution in [-0.4, -0.2) is 33.9 Å². The molecule has 8 heteroatoms. The van der Waals surface area contributed by atoms with E-state index in [4.69, 9.17) is 4.74 Å². The lowest BCUT2D eigenvalue weighted by Gasteiger charge is -2.30. The Kier molecular flexibility index (Phi) is 4.22. The third kappa shape index (κ3) is 2.96. The molecule has 2 aromatic carbocycles. The molecule has 7 nitrogen and oxygen atoms in total. The number of nitrogens with zero attached hydrogens (tertiary/aromatic N) is 1. The van der Waals surface area contributed by atoms with Crippen LogP contribution in [0.4, 0.5) is 11.4 Å². The van der Waals surface area contributed by atoms with Crippen molar-refractivity contribution in [3.05, 3.63) is 53.6 Å². The summed E-state index contributed by atoms with van der Waals surface area (Å²) in [5.41, 5.74) is 1.56. The molecule has 1 heterocycles. The van der Waals surface area contributed by atoms with E-state index in [-0.39, 0.29) is 17.0 Å². The summed E-state index contributed by atoms with van der Waals surface area (Å²) in [7, 11) is -2.79. The minimum Gasteiger partial charge on any atom is -0.465 e. The number of benzene rings is 2. The van der Waals surface area contributed by atoms with Crippen molar-refractivity contribution in [1.29, 1.82) is 0 Å². The Morgan fingerprint density at radius 2 is 1.92 bits per heavy atom. The molecule has 0 fully saturated rings. The fourth-order valence-electron chi connectivity index (χ4n) is 2.64. The summed E-state index contributed by atoms with van der Waals surface area (Å²) in [5, 5.41) is 2.64. The largest absolute Gasteiger partial charge is 0.465 e. The molecule has 0 spiro atoms. The van der Waals surface area contributed by atoms with Gasteiger partial charge in [-0.05, 0) is 36.8 Å². The van der Waals surface area contributed by atoms with Gasteiger partial charge in [-0.1, -0.05) is 18.2 Å². The Morgan fingerprint density at radius 1 is 1.20 bits per heavy atom. The topological polar surface area (TPSA) is 92.8 Å². The van der Waals surface area contributed by atoms with Crippen molar-refractivity contribution in [3.63, 3.8) is 0 Å². The number of hydrogen-bond acceptors (Lipinski definition) is 5. The zero-order chi connectivity index (χ0) is 18.2. The number of fused-ring (bicyclic) bond motifs is 1. The average Bonchev–Trinajstić information content (AvgIpc) is 2.60. The van der Waals surface area contributed by atoms with Crippen LogP contribution in [0.1, 0.15) is 15.9 Å². The van der Waals surface area contributed by atoms with E-state index in [1.54, 1.807) is 31.2 Å². The van der Waals surface area contributed by atoms with Crippen LogP contribution in [0.15, 0.2) is 47.4 Å². The summed E-state index contributed by atoms with van der Waals surface area (Å²) in [4.78, 5) is 23.7. The third-order valence-electron chi connectivity index (χ3n) is 3.94. The predicted octanol–water partition coefficient (Wildman–Crippen LogP) is 1.93. The first kappa shape index (κ1) is 17.0. The first-order chi connectivity index (χ1) is 11.8. The number of sulfonamides is 1. The van der Waals surface area contributed by atoms with Gasteiger partial charge in [0.05, 0.1) is 28.9 Å². The second-order valence-corrected chi connectivity index (χ2v) is 7.41. The van der Waals surface area contributed by atoms with Gasteiger partial charge in [0.2, 0.25) is 5.91 Å². The number of hydrogen-bond donors (Lipinski definition) is 1. The summed E-state index contributed by atoms with van der Waals surface area (Å²) in [5.74, 6) is -1.05. The van der Waals surface area contributed by atoms with Crippen LogP contribution in [0.5, 0.6) is 0 Å². The smallest absolute Gasteiger partial charge is 0.338 e. The molecule has 1 aliphatic rings. The molecule has 1 amide bonds. The number of rotatable bonds is 3. The highest BCUT2D eigenvalue weighted by Crippen LogP contribution is 2.33. The summed E-state index contributed by atoms with van der Waals surface area (Å²) in [6.07, 6.45) is 0. The van der Waals surface area contributed by atoms with Crippen molar-refractivity contribution in [2.45, 2.75) is 11.8 Å². The van der Waals surface area contributed by atoms with E-state index in [2.05, 4.69) is 5.32 Å². The Balaban J connectivity index is 2.12. The third-order valence-corrected chi connectivity index (χ3v) is 5.69. The summed E-state index contributed by atoms with van der Waals surface area (Å²) < 4.78 is 31.9. The van der Waals surface area contributed by atoms with Crippen molar-refractivity contribution < 1.29 is 22.7 Å². The van der Waals surface area contributed by atoms with E-state index in [1.165, 1.54) is 25.3 Å². The first-order valence-electron chi connectivity index (χ1n) is 7.45.